The van der Waals surface area contributed by atoms with Crippen molar-refractivity contribution < 1.29 is 0 Å². The van der Waals surface area contributed by atoms with Gasteiger partial charge in [0, 0.05) is 15.6 Å². The third kappa shape index (κ3) is 2.57. The van der Waals surface area contributed by atoms with Crippen LogP contribution in [0.4, 0.5) is 5.82 Å². The summed E-state index contributed by atoms with van der Waals surface area (Å²) in [6.45, 7) is 1.95. The molecule has 3 rings (SSSR count). The molecule has 0 atom stereocenters. The van der Waals surface area contributed by atoms with Crippen molar-refractivity contribution in [3.05, 3.63) is 63.6 Å². The lowest BCUT2D eigenvalue weighted by molar-refractivity contribution is 0.895. The number of benzene rings is 2. The number of para-hydroxylation sites is 1. The summed E-state index contributed by atoms with van der Waals surface area (Å²) in [5.74, 6) is 0.621. The third-order valence-corrected chi connectivity index (χ3v) is 4.16. The summed E-state index contributed by atoms with van der Waals surface area (Å²) in [4.78, 5) is 0. The van der Waals surface area contributed by atoms with E-state index in [1.807, 2.05) is 55.5 Å². The van der Waals surface area contributed by atoms with Crippen LogP contribution in [-0.2, 0) is 0 Å². The van der Waals surface area contributed by atoms with Crippen LogP contribution in [-0.4, -0.2) is 9.78 Å². The van der Waals surface area contributed by atoms with Crippen molar-refractivity contribution in [2.45, 2.75) is 6.92 Å². The van der Waals surface area contributed by atoms with Crippen molar-refractivity contribution in [1.82, 2.24) is 9.78 Å². The average Bonchev–Trinajstić information content (AvgIpc) is 2.77. The van der Waals surface area contributed by atoms with Crippen molar-refractivity contribution in [2.75, 3.05) is 5.73 Å². The Morgan fingerprint density at radius 1 is 1.14 bits per heavy atom. The molecule has 2 N–H and O–H groups in total. The molecule has 0 saturated carbocycles. The molecule has 2 aromatic carbocycles. The molecule has 1 aromatic heterocycles. The highest BCUT2D eigenvalue weighted by Gasteiger charge is 2.16. The minimum absolute atomic E-state index is 0.621. The minimum Gasteiger partial charge on any atom is -0.383 e. The molecule has 1 heterocycles. The van der Waals surface area contributed by atoms with E-state index in [0.29, 0.717) is 10.8 Å². The summed E-state index contributed by atoms with van der Waals surface area (Å²) < 4.78 is 2.67. The average molecular weight is 363 g/mol. The van der Waals surface area contributed by atoms with Crippen molar-refractivity contribution >= 4 is 33.3 Å². The minimum atomic E-state index is 0.621. The van der Waals surface area contributed by atoms with Gasteiger partial charge in [-0.1, -0.05) is 51.8 Å². The molecule has 0 radical (unpaired) electrons. The van der Waals surface area contributed by atoms with E-state index >= 15 is 0 Å². The van der Waals surface area contributed by atoms with E-state index in [2.05, 4.69) is 21.0 Å². The van der Waals surface area contributed by atoms with Crippen LogP contribution in [0.5, 0.6) is 0 Å². The Labute approximate surface area is 136 Å². The molecule has 106 valence electrons. The fourth-order valence-electron chi connectivity index (χ4n) is 2.21. The first kappa shape index (κ1) is 14.2. The van der Waals surface area contributed by atoms with Gasteiger partial charge < -0.3 is 5.73 Å². The number of rotatable bonds is 2. The number of hydrogen-bond acceptors (Lipinski definition) is 2. The Kier molecular flexibility index (Phi) is 3.74. The Bertz CT molecular complexity index is 797. The molecule has 3 aromatic rings. The smallest absolute Gasteiger partial charge is 0.130 e. The van der Waals surface area contributed by atoms with Gasteiger partial charge in [-0.25, -0.2) is 4.68 Å². The largest absolute Gasteiger partial charge is 0.383 e. The van der Waals surface area contributed by atoms with Crippen LogP contribution in [0.15, 0.2) is 53.0 Å². The van der Waals surface area contributed by atoms with Gasteiger partial charge in [0.15, 0.2) is 0 Å². The zero-order valence-corrected chi connectivity index (χ0v) is 13.7. The molecule has 0 aliphatic carbocycles. The molecular formula is C16H13BrClN3. The maximum Gasteiger partial charge on any atom is 0.130 e. The first-order valence-corrected chi connectivity index (χ1v) is 7.61. The second-order valence-electron chi connectivity index (χ2n) is 4.73. The van der Waals surface area contributed by atoms with Gasteiger partial charge in [0.25, 0.3) is 0 Å². The molecule has 0 fully saturated rings. The molecule has 0 unspecified atom stereocenters. The van der Waals surface area contributed by atoms with Crippen molar-refractivity contribution in [1.29, 1.82) is 0 Å². The van der Waals surface area contributed by atoms with Crippen LogP contribution in [0, 0.1) is 6.92 Å². The molecule has 0 bridgehead atoms. The van der Waals surface area contributed by atoms with Crippen LogP contribution in [0.3, 0.4) is 0 Å². The molecule has 0 aliphatic rings. The Morgan fingerprint density at radius 2 is 1.86 bits per heavy atom. The quantitative estimate of drug-likeness (QED) is 0.708. The maximum atomic E-state index is 6.32. The molecule has 5 heteroatoms. The van der Waals surface area contributed by atoms with Gasteiger partial charge in [-0.3, -0.25) is 0 Å². The summed E-state index contributed by atoms with van der Waals surface area (Å²) >= 11 is 9.73. The SMILES string of the molecule is Cc1c(-c2ccc(Br)cc2Cl)nn(-c2ccccc2)c1N. The van der Waals surface area contributed by atoms with E-state index in [1.54, 1.807) is 4.68 Å². The van der Waals surface area contributed by atoms with Crippen molar-refractivity contribution in [2.24, 2.45) is 0 Å². The van der Waals surface area contributed by atoms with E-state index in [1.165, 1.54) is 0 Å². The van der Waals surface area contributed by atoms with E-state index in [4.69, 9.17) is 17.3 Å². The lowest BCUT2D eigenvalue weighted by Gasteiger charge is -2.03. The van der Waals surface area contributed by atoms with Gasteiger partial charge in [0.05, 0.1) is 16.4 Å². The van der Waals surface area contributed by atoms with E-state index in [-0.39, 0.29) is 0 Å². The van der Waals surface area contributed by atoms with E-state index < -0.39 is 0 Å². The van der Waals surface area contributed by atoms with Crippen LogP contribution in [0.2, 0.25) is 5.02 Å². The number of halogens is 2. The zero-order chi connectivity index (χ0) is 15.0. The summed E-state index contributed by atoms with van der Waals surface area (Å²) in [5.41, 5.74) is 9.72. The summed E-state index contributed by atoms with van der Waals surface area (Å²) in [6.07, 6.45) is 0. The zero-order valence-electron chi connectivity index (χ0n) is 11.3. The summed E-state index contributed by atoms with van der Waals surface area (Å²) in [7, 11) is 0. The molecule has 0 amide bonds. The van der Waals surface area contributed by atoms with Gasteiger partial charge in [-0.15, -0.1) is 0 Å². The van der Waals surface area contributed by atoms with Crippen LogP contribution in [0.1, 0.15) is 5.56 Å². The highest BCUT2D eigenvalue weighted by Crippen LogP contribution is 2.34. The number of nitrogens with two attached hydrogens (primary N) is 1. The first-order valence-electron chi connectivity index (χ1n) is 6.44. The van der Waals surface area contributed by atoms with Crippen molar-refractivity contribution in [3.8, 4) is 16.9 Å². The maximum absolute atomic E-state index is 6.32. The van der Waals surface area contributed by atoms with Gasteiger partial charge in [-0.2, -0.15) is 5.10 Å². The molecular weight excluding hydrogens is 350 g/mol. The van der Waals surface area contributed by atoms with Crippen LogP contribution in [0.25, 0.3) is 16.9 Å². The van der Waals surface area contributed by atoms with Gasteiger partial charge in [-0.05, 0) is 31.2 Å². The topological polar surface area (TPSA) is 43.8 Å². The number of nitrogen functional groups attached to an aromatic ring is 1. The predicted octanol–water partition coefficient (Wildman–Crippen LogP) is 4.85. The molecule has 0 spiro atoms. The van der Waals surface area contributed by atoms with Gasteiger partial charge >= 0.3 is 0 Å². The highest BCUT2D eigenvalue weighted by molar-refractivity contribution is 9.10. The summed E-state index contributed by atoms with van der Waals surface area (Å²) in [6, 6.07) is 15.5. The second-order valence-corrected chi connectivity index (χ2v) is 6.05. The fraction of sp³-hybridized carbons (Fsp3) is 0.0625. The Morgan fingerprint density at radius 3 is 2.52 bits per heavy atom. The summed E-state index contributed by atoms with van der Waals surface area (Å²) in [5, 5.41) is 5.28. The standard InChI is InChI=1S/C16H13BrClN3/c1-10-15(13-8-7-11(17)9-14(13)18)20-21(16(10)19)12-5-3-2-4-6-12/h2-9H,19H2,1H3. The van der Waals surface area contributed by atoms with E-state index in [9.17, 15) is 0 Å². The number of aromatic nitrogens is 2. The van der Waals surface area contributed by atoms with Crippen LogP contribution >= 0.6 is 27.5 Å². The van der Waals surface area contributed by atoms with Gasteiger partial charge in [0.2, 0.25) is 0 Å². The normalized spacial score (nSPS) is 10.8. The lowest BCUT2D eigenvalue weighted by Crippen LogP contribution is -2.01. The Balaban J connectivity index is 2.17. The van der Waals surface area contributed by atoms with Gasteiger partial charge in [0.1, 0.15) is 5.82 Å². The Hall–Kier alpha value is -1.78. The number of hydrogen-bond donors (Lipinski definition) is 1. The number of nitrogens with zero attached hydrogens (tertiary/aromatic N) is 2. The fourth-order valence-corrected chi connectivity index (χ4v) is 2.98. The molecule has 0 aliphatic heterocycles. The monoisotopic (exact) mass is 361 g/mol. The van der Waals surface area contributed by atoms with E-state index in [0.717, 1.165) is 27.0 Å². The third-order valence-electron chi connectivity index (χ3n) is 3.35. The molecule has 3 nitrogen and oxygen atoms in total. The highest BCUT2D eigenvalue weighted by atomic mass is 79.9. The van der Waals surface area contributed by atoms with Crippen molar-refractivity contribution in [3.63, 3.8) is 0 Å². The predicted molar refractivity (Wildman–Crippen MR) is 90.9 cm³/mol. The molecule has 21 heavy (non-hydrogen) atoms. The number of anilines is 1. The molecule has 0 saturated heterocycles. The second kappa shape index (κ2) is 5.54. The van der Waals surface area contributed by atoms with Crippen LogP contribution < -0.4 is 5.73 Å². The lowest BCUT2D eigenvalue weighted by atomic mass is 10.1. The first-order chi connectivity index (χ1) is 10.1.